The lowest BCUT2D eigenvalue weighted by atomic mass is 10.2. The molecule has 0 aromatic carbocycles. The van der Waals surface area contributed by atoms with Gasteiger partial charge in [0.05, 0.1) is 13.5 Å². The predicted molar refractivity (Wildman–Crippen MR) is 59.0 cm³/mol. The summed E-state index contributed by atoms with van der Waals surface area (Å²) >= 11 is 0. The molecule has 18 heavy (non-hydrogen) atoms. The molecule has 1 amide bonds. The first-order valence-electron chi connectivity index (χ1n) is 5.11. The molecule has 7 heteroatoms. The van der Waals surface area contributed by atoms with Gasteiger partial charge in [0.15, 0.2) is 5.76 Å². The van der Waals surface area contributed by atoms with Gasteiger partial charge in [-0.2, -0.15) is 0 Å². The standard InChI is InChI=1S/C11H13NO6/c1-6-3-4-8(18-6)10(14)12-7(11(15)16)5-9(13)17-2/h3-4,7H,5H2,1-2H3,(H,12,14)(H,15,16)/t7-/m0/s1. The summed E-state index contributed by atoms with van der Waals surface area (Å²) < 4.78 is 9.38. The smallest absolute Gasteiger partial charge is 0.326 e. The Morgan fingerprint density at radius 2 is 2.11 bits per heavy atom. The van der Waals surface area contributed by atoms with E-state index >= 15 is 0 Å². The third kappa shape index (κ3) is 3.62. The van der Waals surface area contributed by atoms with E-state index in [1.807, 2.05) is 0 Å². The molecule has 0 fully saturated rings. The Hall–Kier alpha value is -2.31. The first kappa shape index (κ1) is 13.8. The summed E-state index contributed by atoms with van der Waals surface area (Å²) in [7, 11) is 1.14. The minimum absolute atomic E-state index is 0.0105. The van der Waals surface area contributed by atoms with E-state index in [0.29, 0.717) is 5.76 Å². The van der Waals surface area contributed by atoms with Gasteiger partial charge in [-0.15, -0.1) is 0 Å². The fourth-order valence-electron chi connectivity index (χ4n) is 1.24. The highest BCUT2D eigenvalue weighted by Gasteiger charge is 2.25. The number of carboxylic acid groups (broad SMARTS) is 1. The number of aliphatic carboxylic acids is 1. The van der Waals surface area contributed by atoms with Crippen molar-refractivity contribution in [2.24, 2.45) is 0 Å². The maximum Gasteiger partial charge on any atom is 0.326 e. The maximum absolute atomic E-state index is 11.6. The molecular formula is C11H13NO6. The van der Waals surface area contributed by atoms with Crippen LogP contribution < -0.4 is 5.32 Å². The average Bonchev–Trinajstić information content (AvgIpc) is 2.74. The Labute approximate surface area is 103 Å². The fraction of sp³-hybridized carbons (Fsp3) is 0.364. The number of ether oxygens (including phenoxy) is 1. The first-order valence-corrected chi connectivity index (χ1v) is 5.11. The molecule has 98 valence electrons. The molecule has 1 atom stereocenters. The summed E-state index contributed by atoms with van der Waals surface area (Å²) in [4.78, 5) is 33.5. The zero-order chi connectivity index (χ0) is 13.7. The Kier molecular flexibility index (Phi) is 4.47. The highest BCUT2D eigenvalue weighted by molar-refractivity contribution is 5.95. The van der Waals surface area contributed by atoms with Crippen LogP contribution in [0.4, 0.5) is 0 Å². The van der Waals surface area contributed by atoms with E-state index in [-0.39, 0.29) is 5.76 Å². The van der Waals surface area contributed by atoms with Gasteiger partial charge in [0.2, 0.25) is 0 Å². The van der Waals surface area contributed by atoms with Crippen LogP contribution in [0.3, 0.4) is 0 Å². The number of rotatable bonds is 5. The van der Waals surface area contributed by atoms with Gasteiger partial charge in [-0.25, -0.2) is 4.79 Å². The van der Waals surface area contributed by atoms with Gasteiger partial charge in [-0.1, -0.05) is 0 Å². The van der Waals surface area contributed by atoms with Crippen molar-refractivity contribution in [1.82, 2.24) is 5.32 Å². The molecule has 2 N–H and O–H groups in total. The summed E-state index contributed by atoms with van der Waals surface area (Å²) in [5, 5.41) is 11.0. The van der Waals surface area contributed by atoms with Crippen LogP contribution >= 0.6 is 0 Å². The molecular weight excluding hydrogens is 242 g/mol. The number of esters is 1. The van der Waals surface area contributed by atoms with Crippen LogP contribution in [0.15, 0.2) is 16.5 Å². The highest BCUT2D eigenvalue weighted by atomic mass is 16.5. The normalized spacial score (nSPS) is 11.7. The van der Waals surface area contributed by atoms with Crippen molar-refractivity contribution in [3.05, 3.63) is 23.7 Å². The molecule has 1 aromatic rings. The number of furan rings is 1. The zero-order valence-electron chi connectivity index (χ0n) is 9.93. The van der Waals surface area contributed by atoms with Crippen molar-refractivity contribution in [3.8, 4) is 0 Å². The van der Waals surface area contributed by atoms with E-state index in [2.05, 4.69) is 10.1 Å². The summed E-state index contributed by atoms with van der Waals surface area (Å²) in [6.07, 6.45) is -0.447. The molecule has 0 spiro atoms. The van der Waals surface area contributed by atoms with E-state index < -0.39 is 30.3 Å². The summed E-state index contributed by atoms with van der Waals surface area (Å²) in [6.45, 7) is 1.65. The first-order chi connectivity index (χ1) is 8.43. The molecule has 0 aliphatic carbocycles. The minimum atomic E-state index is -1.35. The van der Waals surface area contributed by atoms with Crippen LogP contribution in [-0.4, -0.2) is 36.1 Å². The van der Waals surface area contributed by atoms with Crippen LogP contribution in [0.5, 0.6) is 0 Å². The van der Waals surface area contributed by atoms with Crippen molar-refractivity contribution in [3.63, 3.8) is 0 Å². The lowest BCUT2D eigenvalue weighted by Gasteiger charge is -2.11. The lowest BCUT2D eigenvalue weighted by molar-refractivity contribution is -0.147. The number of aryl methyl sites for hydroxylation is 1. The topological polar surface area (TPSA) is 106 Å². The molecule has 0 saturated heterocycles. The van der Waals surface area contributed by atoms with Gasteiger partial charge in [0.1, 0.15) is 11.8 Å². The number of methoxy groups -OCH3 is 1. The van der Waals surface area contributed by atoms with Crippen LogP contribution in [-0.2, 0) is 14.3 Å². The molecule has 0 radical (unpaired) electrons. The fourth-order valence-corrected chi connectivity index (χ4v) is 1.24. The minimum Gasteiger partial charge on any atom is -0.480 e. The number of nitrogens with one attached hydrogen (secondary N) is 1. The van der Waals surface area contributed by atoms with Crippen LogP contribution in [0, 0.1) is 6.92 Å². The van der Waals surface area contributed by atoms with Gasteiger partial charge < -0.3 is 19.6 Å². The average molecular weight is 255 g/mol. The van der Waals surface area contributed by atoms with Gasteiger partial charge in [0, 0.05) is 0 Å². The summed E-state index contributed by atoms with van der Waals surface area (Å²) in [5.41, 5.74) is 0. The molecule has 0 aliphatic rings. The Morgan fingerprint density at radius 3 is 2.56 bits per heavy atom. The Bertz CT molecular complexity index is 464. The Balaban J connectivity index is 2.69. The Morgan fingerprint density at radius 1 is 1.44 bits per heavy atom. The molecule has 7 nitrogen and oxygen atoms in total. The number of amides is 1. The van der Waals surface area contributed by atoms with E-state index in [0.717, 1.165) is 7.11 Å². The molecule has 1 heterocycles. The lowest BCUT2D eigenvalue weighted by Crippen LogP contribution is -2.42. The quantitative estimate of drug-likeness (QED) is 0.734. The number of hydrogen-bond acceptors (Lipinski definition) is 5. The number of carbonyl (C=O) groups is 3. The largest absolute Gasteiger partial charge is 0.480 e. The van der Waals surface area contributed by atoms with Crippen LogP contribution in [0.1, 0.15) is 22.7 Å². The maximum atomic E-state index is 11.6. The van der Waals surface area contributed by atoms with E-state index in [1.165, 1.54) is 6.07 Å². The van der Waals surface area contributed by atoms with Crippen molar-refractivity contribution in [2.75, 3.05) is 7.11 Å². The highest BCUT2D eigenvalue weighted by Crippen LogP contribution is 2.07. The third-order valence-corrected chi connectivity index (χ3v) is 2.17. The zero-order valence-corrected chi connectivity index (χ0v) is 9.93. The number of hydrogen-bond donors (Lipinski definition) is 2. The molecule has 0 aliphatic heterocycles. The SMILES string of the molecule is COC(=O)C[C@H](NC(=O)c1ccc(C)o1)C(=O)O. The summed E-state index contributed by atoms with van der Waals surface area (Å²) in [6, 6.07) is 1.64. The van der Waals surface area contributed by atoms with Gasteiger partial charge >= 0.3 is 11.9 Å². The van der Waals surface area contributed by atoms with Crippen LogP contribution in [0.25, 0.3) is 0 Å². The third-order valence-electron chi connectivity index (χ3n) is 2.17. The van der Waals surface area contributed by atoms with Crippen molar-refractivity contribution < 1.29 is 28.6 Å². The predicted octanol–water partition coefficient (Wildman–Crippen LogP) is 0.334. The second-order valence-corrected chi connectivity index (χ2v) is 3.55. The second-order valence-electron chi connectivity index (χ2n) is 3.55. The van der Waals surface area contributed by atoms with Gasteiger partial charge in [-0.05, 0) is 19.1 Å². The van der Waals surface area contributed by atoms with E-state index in [4.69, 9.17) is 9.52 Å². The molecule has 1 aromatic heterocycles. The number of carboxylic acids is 1. The van der Waals surface area contributed by atoms with Gasteiger partial charge in [0.25, 0.3) is 5.91 Å². The molecule has 0 bridgehead atoms. The molecule has 0 unspecified atom stereocenters. The molecule has 0 saturated carbocycles. The monoisotopic (exact) mass is 255 g/mol. The van der Waals surface area contributed by atoms with Crippen molar-refractivity contribution in [1.29, 1.82) is 0 Å². The summed E-state index contributed by atoms with van der Waals surface area (Å²) in [5.74, 6) is -2.22. The van der Waals surface area contributed by atoms with Crippen molar-refractivity contribution >= 4 is 17.8 Å². The van der Waals surface area contributed by atoms with E-state index in [9.17, 15) is 14.4 Å². The van der Waals surface area contributed by atoms with Crippen LogP contribution in [0.2, 0.25) is 0 Å². The molecule has 1 rings (SSSR count). The second kappa shape index (κ2) is 5.85. The van der Waals surface area contributed by atoms with E-state index in [1.54, 1.807) is 13.0 Å². The van der Waals surface area contributed by atoms with Gasteiger partial charge in [-0.3, -0.25) is 9.59 Å². The number of carbonyl (C=O) groups excluding carboxylic acids is 2. The van der Waals surface area contributed by atoms with Crippen molar-refractivity contribution in [2.45, 2.75) is 19.4 Å².